The van der Waals surface area contributed by atoms with Gasteiger partial charge in [0.1, 0.15) is 11.6 Å². The van der Waals surface area contributed by atoms with Gasteiger partial charge < -0.3 is 52.3 Å². The van der Waals surface area contributed by atoms with Crippen LogP contribution in [0.2, 0.25) is 0 Å². The molecule has 0 aliphatic heterocycles. The molecule has 12 N–H and O–H groups in total. The monoisotopic (exact) mass is 1970 g/mol. The number of Topliss-reactive ketones (excluding diaryl/α,β-unsaturated/α-hetero) is 2. The summed E-state index contributed by atoms with van der Waals surface area (Å²) >= 11 is 0. The first-order valence-corrected chi connectivity index (χ1v) is 44.9. The summed E-state index contributed by atoms with van der Waals surface area (Å²) in [5, 5.41) is 26.0. The van der Waals surface area contributed by atoms with Crippen LogP contribution >= 0.6 is 36.4 Å². The summed E-state index contributed by atoms with van der Waals surface area (Å²) < 4.78 is 90.4. The summed E-state index contributed by atoms with van der Waals surface area (Å²) in [6, 6.07) is 33.6. The lowest BCUT2D eigenvalue weighted by Gasteiger charge is -2.10. The molecule has 3 amide bonds. The molecule has 728 valence electrons. The molecule has 0 fully saturated rings. The number of anilines is 8. The van der Waals surface area contributed by atoms with Gasteiger partial charge in [-0.25, -0.2) is 39.6 Å². The van der Waals surface area contributed by atoms with E-state index >= 15 is 0 Å². The van der Waals surface area contributed by atoms with Crippen LogP contribution in [-0.2, 0) is 121 Å². The van der Waals surface area contributed by atoms with Gasteiger partial charge in [0.25, 0.3) is 0 Å². The fourth-order valence-electron chi connectivity index (χ4n) is 13.2. The molecular weight excluding hydrogens is 1800 g/mol. The number of carbonyl (C=O) groups excluding carboxylic acids is 8. The molecule has 5 aliphatic rings. The van der Waals surface area contributed by atoms with Crippen LogP contribution in [0, 0.1) is 71.1 Å². The van der Waals surface area contributed by atoms with E-state index in [0.717, 1.165) is 142 Å². The number of sulfonamides is 3. The zero-order valence-electron chi connectivity index (χ0n) is 73.8. The fraction of sp³-hybridized carbons (Fsp3) is 0.304. The first kappa shape index (κ1) is 106. The number of nitrogens with zero attached hydrogens (tertiary/aromatic N) is 3. The van der Waals surface area contributed by atoms with Crippen LogP contribution in [0.15, 0.2) is 137 Å². The normalized spacial score (nSPS) is 12.4. The minimum Gasteiger partial charge on any atom is -0.463 e. The fourth-order valence-corrected chi connectivity index (χ4v) is 15.1. The van der Waals surface area contributed by atoms with Crippen molar-refractivity contribution in [3.05, 3.63) is 237 Å². The number of nitrogen functional groups attached to an aromatic ring is 2. The summed E-state index contributed by atoms with van der Waals surface area (Å²) in [6.07, 6.45) is 16.2. The van der Waals surface area contributed by atoms with Crippen LogP contribution in [0.3, 0.4) is 0 Å². The largest absolute Gasteiger partial charge is 0.463 e. The molecule has 7 aromatic rings. The third-order valence-electron chi connectivity index (χ3n) is 18.9. The van der Waals surface area contributed by atoms with Crippen molar-refractivity contribution in [3.8, 4) is 12.1 Å². The second-order valence-electron chi connectivity index (χ2n) is 30.1. The Bertz CT molecular complexity index is 6140. The molecular formula is C92H166ClIN12O17S3. The van der Waals surface area contributed by atoms with E-state index < -0.39 is 30.1 Å². The number of fused-ring (bicyclic) bond motifs is 5. The van der Waals surface area contributed by atoms with E-state index in [4.69, 9.17) is 41.9 Å². The Morgan fingerprint density at radius 2 is 0.754 bits per heavy atom. The Morgan fingerprint density at radius 3 is 1.09 bits per heavy atom. The molecule has 0 radical (unpaired) electrons. The summed E-state index contributed by atoms with van der Waals surface area (Å²) in [5.41, 5.74) is 42.7. The Balaban J connectivity index is -0.0000000535. The van der Waals surface area contributed by atoms with Crippen LogP contribution in [0.5, 0.6) is 0 Å². The van der Waals surface area contributed by atoms with Gasteiger partial charge in [-0.15, -0.1) is 36.4 Å². The van der Waals surface area contributed by atoms with Crippen molar-refractivity contribution < 1.29 is 118 Å². The van der Waals surface area contributed by atoms with E-state index in [1.54, 1.807) is 88.3 Å². The number of aryl methyl sites for hydroxylation is 7. The van der Waals surface area contributed by atoms with Crippen LogP contribution in [-0.4, -0.2) is 130 Å². The highest BCUT2D eigenvalue weighted by Gasteiger charge is 2.27. The minimum absolute atomic E-state index is 0. The van der Waals surface area contributed by atoms with Crippen molar-refractivity contribution in [1.29, 1.82) is 10.5 Å². The quantitative estimate of drug-likeness (QED) is 0.00805. The van der Waals surface area contributed by atoms with E-state index in [2.05, 4.69) is 30.1 Å². The van der Waals surface area contributed by atoms with E-state index in [9.17, 15) is 63.6 Å². The van der Waals surface area contributed by atoms with Gasteiger partial charge in [0.05, 0.1) is 68.1 Å². The molecule has 0 atom stereocenters. The van der Waals surface area contributed by atoms with Gasteiger partial charge in [-0.3, -0.25) is 38.1 Å². The maximum atomic E-state index is 12.5. The van der Waals surface area contributed by atoms with E-state index in [-0.39, 0.29) is 136 Å². The highest BCUT2D eigenvalue weighted by atomic mass is 127. The number of nitrogens with two attached hydrogens (primary N) is 3. The average molecular weight is 1970 g/mol. The Kier molecular flexibility index (Phi) is 40.2. The van der Waals surface area contributed by atoms with Crippen LogP contribution in [0.1, 0.15) is 188 Å². The lowest BCUT2D eigenvalue weighted by Crippen LogP contribution is -2.11. The number of nitrogens with one attached hydrogen (secondary N) is 6. The average Bonchev–Trinajstić information content (AvgIpc) is 1.66. The number of halogens is 2. The standard InChI is InChI=1S/C17H19N3O3S.C15H17NO3.C14H14N2O3S.C14H17NO4S.C13H15NO2.C10H14N2O.C9H12N2O.ClH.HI.28H2/c1-11-5-12-6-14(17(21)15(9-18)10-20(2)3)7-13(12)8-16(11)19-24(4,22)23;1-4-19-15(18)13-6-11-5-9(2)14(16-10(3)17)8-12(11)7-13;1-9-5-10-6-12(14(17)3-4-15)7-11(10)8-13(9)16-20(2,18)19;1-4-19-14(16)12-6-10-5-9(2)13(8-11(10)7-12)15-20(3,17)18;1-3-16-13(15)11-5-9-4-8(2)12(14)7-10(9)6-11;1-7-5-9(6-11)3-4-10(7)12-8(2)13;1-6-5-8(10)3-4-9(6)11-7(2)12;;;;;;;;;;;;;;;;;;;;;;;;;;;;;;/h5,7-8,10,19H,6H2,1-4H3;5,7-8H,4,6H2,1-3H3,(H,16,17);5,7-8,16H,3,6H2,1-2H3;5,7-8,15H,4,6H2,1-3H3;4,6-7H,3,5,14H2,1-2H3;3-5H,6,11H2,1-2H3,(H,12,13);3-5H,10H2,1-2H3,(H,11,12);30*1H. The predicted molar refractivity (Wildman–Crippen MR) is 571 cm³/mol. The molecule has 7 aromatic carbocycles. The number of benzene rings is 7. The smallest absolute Gasteiger partial charge is 0.334 e. The molecule has 0 bridgehead atoms. The van der Waals surface area contributed by atoms with E-state index in [0.29, 0.717) is 109 Å². The molecule has 0 spiro atoms. The third-order valence-corrected chi connectivity index (χ3v) is 20.6. The number of esters is 3. The topological polar surface area (TPSA) is 468 Å². The van der Waals surface area contributed by atoms with Crippen molar-refractivity contribution in [2.24, 2.45) is 5.73 Å². The molecule has 29 nitrogen and oxygen atoms in total. The van der Waals surface area contributed by atoms with Crippen molar-refractivity contribution >= 4 is 190 Å². The van der Waals surface area contributed by atoms with Crippen molar-refractivity contribution in [1.82, 2.24) is 4.90 Å². The molecule has 0 unspecified atom stereocenters. The Morgan fingerprint density at radius 1 is 0.444 bits per heavy atom. The number of allylic oxidation sites excluding steroid dienone is 3. The second-order valence-corrected chi connectivity index (χ2v) is 35.3. The molecule has 12 rings (SSSR count). The maximum Gasteiger partial charge on any atom is 0.334 e. The molecule has 0 saturated carbocycles. The number of ether oxygens (including phenoxy) is 3. The lowest BCUT2D eigenvalue weighted by molar-refractivity contribution is -0.139. The highest BCUT2D eigenvalue weighted by molar-refractivity contribution is 14.0. The molecule has 34 heteroatoms. The summed E-state index contributed by atoms with van der Waals surface area (Å²) in [5.74, 6) is -1.52. The second kappa shape index (κ2) is 47.7. The Labute approximate surface area is 803 Å². The zero-order valence-corrected chi connectivity index (χ0v) is 79.4. The van der Waals surface area contributed by atoms with E-state index in [1.165, 1.54) is 27.0 Å². The molecule has 126 heavy (non-hydrogen) atoms. The first-order chi connectivity index (χ1) is 58.0. The van der Waals surface area contributed by atoms with Gasteiger partial charge in [-0.1, -0.05) is 42.5 Å². The van der Waals surface area contributed by atoms with Gasteiger partial charge in [0.2, 0.25) is 53.6 Å². The number of hydrogen-bond donors (Lipinski definition) is 9. The molecule has 0 heterocycles. The summed E-state index contributed by atoms with van der Waals surface area (Å²) in [7, 11) is -6.54. The number of ketones is 2. The number of carbonyl (C=O) groups is 8. The van der Waals surface area contributed by atoms with E-state index in [1.807, 2.05) is 139 Å². The molecule has 0 saturated heterocycles. The highest BCUT2D eigenvalue weighted by Crippen LogP contribution is 2.37. The third kappa shape index (κ3) is 32.7. The van der Waals surface area contributed by atoms with Gasteiger partial charge >= 0.3 is 17.9 Å². The Hall–Kier alpha value is -12.3. The van der Waals surface area contributed by atoms with Gasteiger partial charge in [-0.05, 0) is 254 Å². The number of hydrogen-bond acceptors (Lipinski definition) is 23. The summed E-state index contributed by atoms with van der Waals surface area (Å²) in [4.78, 5) is 93.4. The number of nitriles is 2. The zero-order chi connectivity index (χ0) is 92.6. The number of rotatable bonds is 21. The first-order valence-electron chi connectivity index (χ1n) is 39.2. The van der Waals surface area contributed by atoms with Gasteiger partial charge in [-0.2, -0.15) is 10.5 Å². The lowest BCUT2D eigenvalue weighted by atomic mass is 10.0. The maximum absolute atomic E-state index is 12.5. The van der Waals surface area contributed by atoms with Gasteiger partial charge in [0.15, 0.2) is 5.78 Å². The molecule has 0 aromatic heterocycles. The number of amides is 3. The van der Waals surface area contributed by atoms with Crippen LogP contribution in [0.4, 0.5) is 45.5 Å². The van der Waals surface area contributed by atoms with Crippen molar-refractivity contribution in [3.63, 3.8) is 0 Å². The summed E-state index contributed by atoms with van der Waals surface area (Å²) in [6.45, 7) is 24.7. The van der Waals surface area contributed by atoms with Crippen LogP contribution in [0.25, 0.3) is 30.4 Å². The predicted octanol–water partition coefficient (Wildman–Crippen LogP) is 20.9. The van der Waals surface area contributed by atoms with Crippen LogP contribution < -0.4 is 47.3 Å². The van der Waals surface area contributed by atoms with Crippen molar-refractivity contribution in [2.75, 3.05) is 94.3 Å². The minimum atomic E-state index is -3.37. The SMILES string of the molecule is CC(=O)Nc1ccc(CN)cc1C.CC(=O)Nc1ccc(N)cc1C.CCOC(=O)C1=Cc2cc(N)c(C)cc2C1.CCOC(=O)C1=Cc2cc(NC(C)=O)c(C)cc2C1.CCOC(=O)C1=Cc2cc(NS(C)(=O)=O)c(C)cc2C1.Cc1cc2c(cc1NS(C)(=O)=O)C=C(C(=O)C(C#N)=CN(C)C)C2.Cc1cc2c(cc1NS(C)(=O)=O)C=C(C(=O)CC#N)C2.Cl.I.[HH].[HH].[HH].[HH].[HH].[HH].[HH].[HH].[HH].[HH].[HH].[HH].[HH].[HH].[HH].[HH].[HH].[HH].[HH].[HH].[HH].[HH].[HH].[HH].[HH].[HH].[HH].[HH]. The van der Waals surface area contributed by atoms with Crippen molar-refractivity contribution in [2.45, 2.75) is 135 Å². The molecule has 5 aliphatic carbocycles. The van der Waals surface area contributed by atoms with Gasteiger partial charge in [0, 0.05) is 176 Å².